The van der Waals surface area contributed by atoms with Crippen molar-refractivity contribution in [3.63, 3.8) is 0 Å². The van der Waals surface area contributed by atoms with Gasteiger partial charge >= 0.3 is 0 Å². The first-order valence-corrected chi connectivity index (χ1v) is 25.4. The van der Waals surface area contributed by atoms with Crippen LogP contribution in [0.25, 0.3) is 0 Å². The lowest BCUT2D eigenvalue weighted by Gasteiger charge is -2.15. The molecule has 18 nitrogen and oxygen atoms in total. The largest absolute Gasteiger partial charge is 0.495 e. The molecule has 4 N–H and O–H groups in total. The number of nitrogens with zero attached hydrogens (tertiary/aromatic N) is 7. The molecule has 0 bridgehead atoms. The average Bonchev–Trinajstić information content (AvgIpc) is 3.29. The molecule has 0 fully saturated rings. The highest BCUT2D eigenvalue weighted by molar-refractivity contribution is 14.1. The summed E-state index contributed by atoms with van der Waals surface area (Å²) in [4.78, 5) is 14.0. The molecule has 0 aliphatic rings. The Hall–Kier alpha value is -5.25. The van der Waals surface area contributed by atoms with Gasteiger partial charge in [-0.05, 0) is 112 Å². The maximum Gasteiger partial charge on any atom is 0.298 e. The van der Waals surface area contributed by atoms with Crippen molar-refractivity contribution >= 4 is 94.1 Å². The number of aliphatic hydroxyl groups is 1. The van der Waals surface area contributed by atoms with Crippen LogP contribution in [-0.4, -0.2) is 72.1 Å². The maximum absolute atomic E-state index is 12.0. The summed E-state index contributed by atoms with van der Waals surface area (Å²) in [5.74, 6) is 1.43. The van der Waals surface area contributed by atoms with E-state index in [4.69, 9.17) is 29.2 Å². The topological polar surface area (TPSA) is 257 Å². The van der Waals surface area contributed by atoms with Crippen molar-refractivity contribution in [2.24, 2.45) is 20.5 Å². The lowest BCUT2D eigenvalue weighted by molar-refractivity contribution is 0.282. The standard InChI is InChI=1S/C44H44I2N8O10S2/c1-3-16-63-39-24-36(53-51-32-12-10-29(27-55)11-13-32)34(45)19-30(39)21-42-48-43(50-44(49-42)47-26-28-8-5-4-6-9-28)22-31-20-35(46)37(25-40(31)64-17-7-18-65(56,57)58)54-52-33-14-15-38(62-2)41(23-33)66(59,60)61/h4-6,8-15,19-20,23-25,55H,3,7,16-18,21-22,26-27H2,1-2H3,(H,56,57,58)(H,59,60,61)(H,47,48,49,50). The van der Waals surface area contributed by atoms with E-state index in [1.54, 1.807) is 36.4 Å². The van der Waals surface area contributed by atoms with Crippen molar-refractivity contribution in [2.75, 3.05) is 31.4 Å². The van der Waals surface area contributed by atoms with Crippen LogP contribution in [0.4, 0.5) is 28.7 Å². The molecule has 0 unspecified atom stereocenters. The van der Waals surface area contributed by atoms with Crippen molar-refractivity contribution in [1.82, 2.24) is 15.0 Å². The normalized spacial score (nSPS) is 11.9. The van der Waals surface area contributed by atoms with Crippen molar-refractivity contribution < 1.29 is 45.3 Å². The Morgan fingerprint density at radius 1 is 0.667 bits per heavy atom. The molecule has 1 heterocycles. The lowest BCUT2D eigenvalue weighted by Crippen LogP contribution is -2.12. The predicted octanol–water partition coefficient (Wildman–Crippen LogP) is 9.90. The number of ether oxygens (including phenoxy) is 3. The fraction of sp³-hybridized carbons (Fsp3) is 0.250. The number of nitrogens with one attached hydrogen (secondary N) is 1. The van der Waals surface area contributed by atoms with Crippen LogP contribution in [0.2, 0.25) is 0 Å². The van der Waals surface area contributed by atoms with Gasteiger partial charge in [0.05, 0.1) is 44.1 Å². The van der Waals surface area contributed by atoms with E-state index in [0.29, 0.717) is 68.4 Å². The van der Waals surface area contributed by atoms with E-state index in [2.05, 4.69) is 71.0 Å². The Kier molecular flexibility index (Phi) is 17.8. The van der Waals surface area contributed by atoms with Gasteiger partial charge < -0.3 is 24.6 Å². The number of rotatable bonds is 22. The predicted molar refractivity (Wildman–Crippen MR) is 263 cm³/mol. The molecule has 66 heavy (non-hydrogen) atoms. The van der Waals surface area contributed by atoms with Crippen LogP contribution >= 0.6 is 45.2 Å². The van der Waals surface area contributed by atoms with Crippen LogP contribution in [0.1, 0.15) is 53.7 Å². The number of methoxy groups -OCH3 is 1. The minimum Gasteiger partial charge on any atom is -0.495 e. The molecule has 0 aliphatic carbocycles. The summed E-state index contributed by atoms with van der Waals surface area (Å²) in [5.41, 5.74) is 4.85. The second-order valence-corrected chi connectivity index (χ2v) is 19.7. The van der Waals surface area contributed by atoms with Gasteiger partial charge in [0, 0.05) is 49.8 Å². The summed E-state index contributed by atoms with van der Waals surface area (Å²) in [6.45, 7) is 2.73. The number of hydrogen-bond donors (Lipinski definition) is 4. The van der Waals surface area contributed by atoms with Crippen molar-refractivity contribution in [3.8, 4) is 17.2 Å². The Bertz CT molecular complexity index is 2930. The Morgan fingerprint density at radius 2 is 1.24 bits per heavy atom. The van der Waals surface area contributed by atoms with Gasteiger partial charge in [-0.15, -0.1) is 10.2 Å². The highest BCUT2D eigenvalue weighted by Crippen LogP contribution is 2.36. The molecule has 0 saturated heterocycles. The third kappa shape index (κ3) is 14.9. The number of azo groups is 2. The minimum absolute atomic E-state index is 0.0199. The SMILES string of the molecule is CCCOc1cc(N=Nc2ccc(CO)cc2)c(I)cc1Cc1nc(Cc2cc(I)c(N=Nc3ccc(OC)c(S(=O)(=O)O)c3)cc2OCCCS(=O)(=O)O)nc(NCc2ccccc2)n1. The summed E-state index contributed by atoms with van der Waals surface area (Å²) in [7, 11) is -7.62. The van der Waals surface area contributed by atoms with E-state index in [0.717, 1.165) is 32.7 Å². The second-order valence-electron chi connectivity index (χ2n) is 14.4. The van der Waals surface area contributed by atoms with E-state index >= 15 is 0 Å². The summed E-state index contributed by atoms with van der Waals surface area (Å²) >= 11 is 4.28. The molecule has 22 heteroatoms. The molecular formula is C44H44I2N8O10S2. The van der Waals surface area contributed by atoms with Gasteiger partial charge in [-0.3, -0.25) is 9.11 Å². The van der Waals surface area contributed by atoms with Crippen LogP contribution in [0.5, 0.6) is 17.2 Å². The van der Waals surface area contributed by atoms with Crippen LogP contribution in [-0.2, 0) is 46.2 Å². The Balaban J connectivity index is 1.36. The van der Waals surface area contributed by atoms with Crippen LogP contribution in [0.3, 0.4) is 0 Å². The fourth-order valence-corrected chi connectivity index (χ4v) is 8.58. The molecule has 6 rings (SSSR count). The number of hydrogen-bond acceptors (Lipinski definition) is 16. The van der Waals surface area contributed by atoms with Gasteiger partial charge in [0.15, 0.2) is 0 Å². The minimum atomic E-state index is -4.64. The third-order valence-electron chi connectivity index (χ3n) is 9.33. The lowest BCUT2D eigenvalue weighted by atomic mass is 10.1. The Morgan fingerprint density at radius 3 is 1.79 bits per heavy atom. The molecule has 6 aromatic rings. The van der Waals surface area contributed by atoms with Crippen molar-refractivity contribution in [3.05, 3.63) is 138 Å². The quantitative estimate of drug-likeness (QED) is 0.0214. The number of aliphatic hydroxyl groups excluding tert-OH is 1. The second kappa shape index (κ2) is 23.5. The monoisotopic (exact) mass is 1160 g/mol. The number of halogens is 2. The molecule has 1 aromatic heterocycles. The third-order valence-corrected chi connectivity index (χ3v) is 12.7. The first kappa shape index (κ1) is 50.2. The zero-order valence-corrected chi connectivity index (χ0v) is 41.5. The average molecular weight is 1160 g/mol. The zero-order valence-electron chi connectivity index (χ0n) is 35.5. The zero-order chi connectivity index (χ0) is 47.3. The van der Waals surface area contributed by atoms with Gasteiger partial charge in [-0.25, -0.2) is 4.98 Å². The molecule has 346 valence electrons. The molecular weight excluding hydrogens is 1120 g/mol. The molecule has 0 aliphatic heterocycles. The summed E-state index contributed by atoms with van der Waals surface area (Å²) in [5, 5.41) is 30.2. The van der Waals surface area contributed by atoms with Crippen molar-refractivity contribution in [1.29, 1.82) is 0 Å². The summed E-state index contributed by atoms with van der Waals surface area (Å²) in [6.07, 6.45) is 1.12. The molecule has 0 spiro atoms. The number of benzene rings is 5. The van der Waals surface area contributed by atoms with Crippen LogP contribution in [0, 0.1) is 7.14 Å². The van der Waals surface area contributed by atoms with Crippen molar-refractivity contribution in [2.45, 2.75) is 50.7 Å². The highest BCUT2D eigenvalue weighted by atomic mass is 127. The van der Waals surface area contributed by atoms with Gasteiger partial charge in [-0.1, -0.05) is 49.4 Å². The van der Waals surface area contributed by atoms with E-state index in [1.807, 2.05) is 49.4 Å². The van der Waals surface area contributed by atoms with E-state index in [-0.39, 0.29) is 43.9 Å². The van der Waals surface area contributed by atoms with Gasteiger partial charge in [0.2, 0.25) is 5.95 Å². The summed E-state index contributed by atoms with van der Waals surface area (Å²) in [6, 6.07) is 28.0. The first-order valence-electron chi connectivity index (χ1n) is 20.2. The fourth-order valence-electron chi connectivity index (χ4n) is 6.15. The number of aromatic nitrogens is 3. The van der Waals surface area contributed by atoms with Gasteiger partial charge in [-0.2, -0.15) is 37.0 Å². The summed E-state index contributed by atoms with van der Waals surface area (Å²) < 4.78 is 84.9. The molecule has 5 aromatic carbocycles. The van der Waals surface area contributed by atoms with E-state index in [9.17, 15) is 31.0 Å². The molecule has 0 atom stereocenters. The van der Waals surface area contributed by atoms with Gasteiger partial charge in [0.1, 0.15) is 45.2 Å². The maximum atomic E-state index is 12.0. The van der Waals surface area contributed by atoms with Gasteiger partial charge in [0.25, 0.3) is 20.2 Å². The molecule has 0 saturated carbocycles. The highest BCUT2D eigenvalue weighted by Gasteiger charge is 2.20. The molecule has 0 amide bonds. The first-order chi connectivity index (χ1) is 31.6. The Labute approximate surface area is 409 Å². The molecule has 0 radical (unpaired) electrons. The number of anilines is 1. The van der Waals surface area contributed by atoms with Crippen LogP contribution < -0.4 is 19.5 Å². The van der Waals surface area contributed by atoms with E-state index in [1.165, 1.54) is 19.2 Å². The smallest absolute Gasteiger partial charge is 0.298 e. The van der Waals surface area contributed by atoms with E-state index < -0.39 is 30.9 Å². The van der Waals surface area contributed by atoms with Crippen LogP contribution in [0.15, 0.2) is 122 Å².